The van der Waals surface area contributed by atoms with Gasteiger partial charge in [-0.2, -0.15) is 12.6 Å². The monoisotopic (exact) mass is 174 g/mol. The zero-order chi connectivity index (χ0) is 8.43. The van der Waals surface area contributed by atoms with Gasteiger partial charge in [0, 0.05) is 13.5 Å². The Labute approximate surface area is 70.1 Å². The third-order valence-electron chi connectivity index (χ3n) is 1.58. The topological polar surface area (TPSA) is 58.2 Å². The Bertz CT molecular complexity index is 195. The molecule has 2 amide bonds. The lowest BCUT2D eigenvalue weighted by Crippen LogP contribution is -2.58. The van der Waals surface area contributed by atoms with E-state index in [9.17, 15) is 9.59 Å². The molecule has 0 bridgehead atoms. The molecular formula is C6H10N2O2S. The van der Waals surface area contributed by atoms with Crippen molar-refractivity contribution in [3.8, 4) is 0 Å². The van der Waals surface area contributed by atoms with Gasteiger partial charge in [-0.15, -0.1) is 0 Å². The molecule has 0 aromatic heterocycles. The highest BCUT2D eigenvalue weighted by atomic mass is 32.1. The quantitative estimate of drug-likeness (QED) is 0.376. The molecule has 0 aromatic carbocycles. The minimum absolute atomic E-state index is 0.0428. The van der Waals surface area contributed by atoms with Gasteiger partial charge < -0.3 is 10.6 Å². The zero-order valence-electron chi connectivity index (χ0n) is 6.13. The number of amides is 2. The lowest BCUT2D eigenvalue weighted by atomic mass is 10.0. The van der Waals surface area contributed by atoms with Crippen LogP contribution in [0.3, 0.4) is 0 Å². The average molecular weight is 174 g/mol. The lowest BCUT2D eigenvalue weighted by molar-refractivity contribution is -0.132. The zero-order valence-corrected chi connectivity index (χ0v) is 7.02. The maximum absolute atomic E-state index is 10.7. The summed E-state index contributed by atoms with van der Waals surface area (Å²) in [5.74, 6) is -0.328. The number of hydrogen-bond donors (Lipinski definition) is 3. The van der Waals surface area contributed by atoms with E-state index in [0.29, 0.717) is 6.54 Å². The van der Waals surface area contributed by atoms with Crippen LogP contribution in [0.15, 0.2) is 0 Å². The summed E-state index contributed by atoms with van der Waals surface area (Å²) in [6.07, 6.45) is 0. The third-order valence-corrected chi connectivity index (χ3v) is 2.07. The van der Waals surface area contributed by atoms with Gasteiger partial charge in [0.15, 0.2) is 0 Å². The molecule has 0 radical (unpaired) electrons. The van der Waals surface area contributed by atoms with Crippen molar-refractivity contribution in [3.05, 3.63) is 0 Å². The summed E-state index contributed by atoms with van der Waals surface area (Å²) in [4.78, 5) is 21.2. The van der Waals surface area contributed by atoms with Gasteiger partial charge in [-0.3, -0.25) is 9.59 Å². The van der Waals surface area contributed by atoms with E-state index < -0.39 is 0 Å². The molecule has 0 saturated carbocycles. The molecule has 1 aliphatic rings. The van der Waals surface area contributed by atoms with Crippen LogP contribution in [-0.4, -0.2) is 23.7 Å². The molecule has 11 heavy (non-hydrogen) atoms. The lowest BCUT2D eigenvalue weighted by Gasteiger charge is -2.32. The molecule has 2 N–H and O–H groups in total. The van der Waals surface area contributed by atoms with Crippen LogP contribution >= 0.6 is 12.6 Å². The van der Waals surface area contributed by atoms with Gasteiger partial charge in [-0.05, 0) is 0 Å². The summed E-state index contributed by atoms with van der Waals surface area (Å²) in [6.45, 7) is 1.80. The Kier molecular flexibility index (Phi) is 2.38. The molecule has 0 aromatic rings. The van der Waals surface area contributed by atoms with Gasteiger partial charge in [-0.25, -0.2) is 0 Å². The van der Waals surface area contributed by atoms with Crippen LogP contribution in [0.4, 0.5) is 0 Å². The minimum Gasteiger partial charge on any atom is -0.355 e. The van der Waals surface area contributed by atoms with Crippen LogP contribution in [0, 0.1) is 5.92 Å². The summed E-state index contributed by atoms with van der Waals surface area (Å²) in [7, 11) is 0. The van der Waals surface area contributed by atoms with Crippen molar-refractivity contribution in [3.63, 3.8) is 0 Å². The van der Waals surface area contributed by atoms with Crippen molar-refractivity contribution >= 4 is 24.4 Å². The van der Waals surface area contributed by atoms with Gasteiger partial charge in [0.1, 0.15) is 0 Å². The molecule has 1 saturated heterocycles. The normalized spacial score (nSPS) is 28.7. The predicted octanol–water partition coefficient (Wildman–Crippen LogP) is -0.876. The molecule has 5 heteroatoms. The molecule has 0 spiro atoms. The van der Waals surface area contributed by atoms with E-state index in [1.807, 2.05) is 0 Å². The Morgan fingerprint density at radius 1 is 1.82 bits per heavy atom. The van der Waals surface area contributed by atoms with Gasteiger partial charge in [-0.1, -0.05) is 0 Å². The van der Waals surface area contributed by atoms with E-state index in [2.05, 4.69) is 23.3 Å². The fourth-order valence-electron chi connectivity index (χ4n) is 0.859. The van der Waals surface area contributed by atoms with E-state index in [1.54, 1.807) is 0 Å². The van der Waals surface area contributed by atoms with Gasteiger partial charge in [0.05, 0.1) is 11.3 Å². The highest BCUT2D eigenvalue weighted by Gasteiger charge is 2.36. The van der Waals surface area contributed by atoms with E-state index in [0.717, 1.165) is 0 Å². The number of β-lactam (4-membered cyclic amide) rings is 1. The molecule has 1 rings (SSSR count). The molecule has 1 fully saturated rings. The maximum atomic E-state index is 10.7. The highest BCUT2D eigenvalue weighted by Crippen LogP contribution is 2.16. The van der Waals surface area contributed by atoms with Crippen LogP contribution in [0.2, 0.25) is 0 Å². The maximum Gasteiger partial charge on any atom is 0.228 e. The van der Waals surface area contributed by atoms with E-state index in [4.69, 9.17) is 0 Å². The first-order chi connectivity index (χ1) is 5.11. The smallest absolute Gasteiger partial charge is 0.228 e. The second kappa shape index (κ2) is 3.13. The van der Waals surface area contributed by atoms with Crippen LogP contribution in [0.1, 0.15) is 6.92 Å². The molecule has 0 unspecified atom stereocenters. The molecular weight excluding hydrogens is 164 g/mol. The van der Waals surface area contributed by atoms with Crippen molar-refractivity contribution in [1.29, 1.82) is 0 Å². The number of nitrogens with one attached hydrogen (secondary N) is 2. The second-order valence-corrected chi connectivity index (χ2v) is 3.05. The summed E-state index contributed by atoms with van der Waals surface area (Å²) in [5.41, 5.74) is 0. The van der Waals surface area contributed by atoms with Crippen molar-refractivity contribution in [2.45, 2.75) is 12.3 Å². The van der Waals surface area contributed by atoms with Crippen LogP contribution in [0.5, 0.6) is 0 Å². The first-order valence-electron chi connectivity index (χ1n) is 3.34. The fraction of sp³-hybridized carbons (Fsp3) is 0.667. The Morgan fingerprint density at radius 2 is 2.45 bits per heavy atom. The molecule has 0 aliphatic carbocycles. The number of carbonyl (C=O) groups excluding carboxylic acids is 2. The third kappa shape index (κ3) is 1.86. The first kappa shape index (κ1) is 8.39. The van der Waals surface area contributed by atoms with E-state index in [1.165, 1.54) is 6.92 Å². The van der Waals surface area contributed by atoms with Crippen LogP contribution in [0.25, 0.3) is 0 Å². The summed E-state index contributed by atoms with van der Waals surface area (Å²) in [5, 5.41) is 5.01. The number of rotatable bonds is 2. The molecule has 1 heterocycles. The molecule has 4 nitrogen and oxygen atoms in total. The largest absolute Gasteiger partial charge is 0.355 e. The van der Waals surface area contributed by atoms with Crippen LogP contribution in [-0.2, 0) is 9.59 Å². The second-order valence-electron chi connectivity index (χ2n) is 2.50. The summed E-state index contributed by atoms with van der Waals surface area (Å²) < 4.78 is 0. The number of thiol groups is 1. The van der Waals surface area contributed by atoms with Crippen molar-refractivity contribution in [2.24, 2.45) is 5.92 Å². The first-order valence-corrected chi connectivity index (χ1v) is 3.86. The predicted molar refractivity (Wildman–Crippen MR) is 43.1 cm³/mol. The van der Waals surface area contributed by atoms with Crippen LogP contribution < -0.4 is 10.6 Å². The average Bonchev–Trinajstić information content (AvgIpc) is 1.86. The standard InChI is InChI=1S/C6H10N2O2S/c1-3(9)7-2-4-5(10)8-6(4)11/h4,6,11H,2H2,1H3,(H,7,9)(H,8,10)/t4-,6-/m1/s1. The Morgan fingerprint density at radius 3 is 2.82 bits per heavy atom. The van der Waals surface area contributed by atoms with E-state index >= 15 is 0 Å². The van der Waals surface area contributed by atoms with Gasteiger partial charge in [0.2, 0.25) is 11.8 Å². The van der Waals surface area contributed by atoms with Gasteiger partial charge >= 0.3 is 0 Å². The van der Waals surface area contributed by atoms with Gasteiger partial charge in [0.25, 0.3) is 0 Å². The van der Waals surface area contributed by atoms with Crippen molar-refractivity contribution in [1.82, 2.24) is 10.6 Å². The molecule has 1 aliphatic heterocycles. The fourth-order valence-corrected chi connectivity index (χ4v) is 1.23. The molecule has 2 atom stereocenters. The van der Waals surface area contributed by atoms with E-state index in [-0.39, 0.29) is 23.1 Å². The Hall–Kier alpha value is -0.710. The minimum atomic E-state index is -0.165. The highest BCUT2D eigenvalue weighted by molar-refractivity contribution is 7.81. The SMILES string of the molecule is CC(=O)NC[C@@H]1C(=O)N[C@@H]1S. The molecule has 62 valence electrons. The summed E-state index contributed by atoms with van der Waals surface area (Å²) in [6, 6.07) is 0. The number of hydrogen-bond acceptors (Lipinski definition) is 3. The Balaban J connectivity index is 2.26. The van der Waals surface area contributed by atoms with Crippen molar-refractivity contribution < 1.29 is 9.59 Å². The van der Waals surface area contributed by atoms with Crippen molar-refractivity contribution in [2.75, 3.05) is 6.54 Å². The summed E-state index contributed by atoms with van der Waals surface area (Å²) >= 11 is 4.06. The number of carbonyl (C=O) groups is 2.